The van der Waals surface area contributed by atoms with Crippen LogP contribution in [0.1, 0.15) is 98.5 Å². The van der Waals surface area contributed by atoms with E-state index >= 15 is 0 Å². The second kappa shape index (κ2) is 37.2. The van der Waals surface area contributed by atoms with Gasteiger partial charge in [-0.25, -0.2) is 24.9 Å². The van der Waals surface area contributed by atoms with E-state index < -0.39 is 0 Å². The van der Waals surface area contributed by atoms with Crippen LogP contribution in [0.4, 0.5) is 28.4 Å². The maximum Gasteiger partial charge on any atom is 0.120 e. The van der Waals surface area contributed by atoms with Crippen molar-refractivity contribution in [1.82, 2.24) is 47.8 Å². The highest BCUT2D eigenvalue weighted by molar-refractivity contribution is 5.87. The molecule has 2 aliphatic rings. The molecule has 0 unspecified atom stereocenters. The maximum absolute atomic E-state index is 9.34. The molecule has 0 bridgehead atoms. The number of aryl methyl sites for hydroxylation is 3. The fourth-order valence-electron chi connectivity index (χ4n) is 15.7. The molecule has 2 saturated carbocycles. The summed E-state index contributed by atoms with van der Waals surface area (Å²) in [5.74, 6) is 2.77. The molecule has 0 atom stereocenters. The lowest BCUT2D eigenvalue weighted by Gasteiger charge is -2.23. The Hall–Kier alpha value is -14.2. The van der Waals surface area contributed by atoms with Crippen LogP contribution in [0.5, 0.6) is 23.0 Å². The van der Waals surface area contributed by atoms with E-state index in [9.17, 15) is 5.11 Å². The molecule has 2 aliphatic carbocycles. The maximum atomic E-state index is 9.34. The first kappa shape index (κ1) is 78.7. The van der Waals surface area contributed by atoms with Gasteiger partial charge in [-0.3, -0.25) is 13.7 Å². The number of phenols is 1. The molecule has 5 aromatic heterocycles. The van der Waals surface area contributed by atoms with Gasteiger partial charge >= 0.3 is 0 Å². The van der Waals surface area contributed by atoms with Crippen molar-refractivity contribution in [2.45, 2.75) is 104 Å². The predicted molar refractivity (Wildman–Crippen MR) is 487 cm³/mol. The minimum Gasteiger partial charge on any atom is -0.508 e. The number of nitrogens with one attached hydrogen (secondary N) is 3. The number of hydrogen-bond donors (Lipinski definition) is 4. The van der Waals surface area contributed by atoms with Crippen LogP contribution in [0, 0.1) is 20.8 Å². The Morgan fingerprint density at radius 2 is 0.689 bits per heavy atom. The molecule has 17 nitrogen and oxygen atoms in total. The fraction of sp³-hybridized carbons (Fsp3) is 0.186. The van der Waals surface area contributed by atoms with Gasteiger partial charge in [-0.2, -0.15) is 0 Å². The number of methoxy groups -OCH3 is 3. The number of rotatable bonds is 17. The summed E-state index contributed by atoms with van der Waals surface area (Å²) in [5, 5.41) is 19.5. The molecule has 20 rings (SSSR count). The molecule has 18 aromatic rings. The topological polar surface area (TPSA) is 173 Å². The quantitative estimate of drug-likeness (QED) is 0.0681. The summed E-state index contributed by atoms with van der Waals surface area (Å²) in [6.07, 6.45) is 23.0. The molecule has 0 radical (unpaired) electrons. The number of aromatic nitrogens is 10. The van der Waals surface area contributed by atoms with Crippen LogP contribution in [0.25, 0.3) is 94.5 Å². The van der Waals surface area contributed by atoms with Crippen LogP contribution < -0.4 is 30.2 Å². The summed E-state index contributed by atoms with van der Waals surface area (Å²) in [4.78, 5) is 22.9. The van der Waals surface area contributed by atoms with Gasteiger partial charge in [0.2, 0.25) is 0 Å². The molecule has 2 fully saturated rings. The minimum atomic E-state index is 0.284. The first-order valence-corrected chi connectivity index (χ1v) is 41.0. The summed E-state index contributed by atoms with van der Waals surface area (Å²) in [5.41, 5.74) is 29.0. The van der Waals surface area contributed by atoms with Gasteiger partial charge in [0.05, 0.1) is 101 Å². The number of aromatic hydroxyl groups is 1. The summed E-state index contributed by atoms with van der Waals surface area (Å²) >= 11 is 0. The largest absolute Gasteiger partial charge is 0.508 e. The fourth-order valence-corrected chi connectivity index (χ4v) is 15.7. The zero-order valence-corrected chi connectivity index (χ0v) is 68.2. The second-order valence-electron chi connectivity index (χ2n) is 30.6. The van der Waals surface area contributed by atoms with Crippen molar-refractivity contribution in [2.24, 2.45) is 0 Å². The Morgan fingerprint density at radius 1 is 0.311 bits per heavy atom. The molecule has 0 aliphatic heterocycles. The summed E-state index contributed by atoms with van der Waals surface area (Å²) in [6.45, 7) is 7.03. The van der Waals surface area contributed by atoms with Crippen LogP contribution in [-0.2, 0) is 6.54 Å². The second-order valence-corrected chi connectivity index (χ2v) is 30.6. The van der Waals surface area contributed by atoms with Crippen molar-refractivity contribution in [3.05, 3.63) is 345 Å². The summed E-state index contributed by atoms with van der Waals surface area (Å²) < 4.78 is 26.8. The summed E-state index contributed by atoms with van der Waals surface area (Å²) in [7, 11) is 5.00. The first-order chi connectivity index (χ1) is 58.4. The Kier molecular flexibility index (Phi) is 24.6. The van der Waals surface area contributed by atoms with Gasteiger partial charge in [-0.1, -0.05) is 170 Å². The van der Waals surface area contributed by atoms with Gasteiger partial charge in [0, 0.05) is 64.9 Å². The Morgan fingerprint density at radius 3 is 1.14 bits per heavy atom. The number of nitrogens with zero attached hydrogens (tertiary/aromatic N) is 10. The average Bonchev–Trinajstić information content (AvgIpc) is 1.68. The van der Waals surface area contributed by atoms with Crippen molar-refractivity contribution in [3.63, 3.8) is 0 Å². The van der Waals surface area contributed by atoms with Gasteiger partial charge in [0.25, 0.3) is 0 Å². The Bertz CT molecular complexity index is 6240. The molecule has 4 N–H and O–H groups in total. The normalized spacial score (nSPS) is 12.8. The highest BCUT2D eigenvalue weighted by Gasteiger charge is 2.20. The van der Waals surface area contributed by atoms with Gasteiger partial charge < -0.3 is 44.4 Å². The van der Waals surface area contributed by atoms with Gasteiger partial charge in [-0.05, 0) is 238 Å². The van der Waals surface area contributed by atoms with E-state index in [-0.39, 0.29) is 5.75 Å². The van der Waals surface area contributed by atoms with E-state index in [1.807, 2.05) is 159 Å². The molecule has 17 heteroatoms. The van der Waals surface area contributed by atoms with Crippen molar-refractivity contribution < 1.29 is 19.3 Å². The van der Waals surface area contributed by atoms with Gasteiger partial charge in [0.15, 0.2) is 0 Å². The zero-order chi connectivity index (χ0) is 81.4. The van der Waals surface area contributed by atoms with E-state index in [1.165, 1.54) is 114 Å². The number of benzene rings is 13. The third kappa shape index (κ3) is 19.2. The smallest absolute Gasteiger partial charge is 0.120 e. The minimum absolute atomic E-state index is 0.284. The number of phenolic OH excluding ortho intramolecular Hbond substituents is 1. The van der Waals surface area contributed by atoms with Crippen molar-refractivity contribution >= 4 is 83.6 Å². The first-order valence-electron chi connectivity index (χ1n) is 41.0. The molecular formula is C102H99N13O4. The zero-order valence-electron chi connectivity index (χ0n) is 68.2. The lowest BCUT2D eigenvalue weighted by molar-refractivity contribution is 0.359. The molecule has 0 saturated heterocycles. The van der Waals surface area contributed by atoms with E-state index in [2.05, 4.69) is 236 Å². The summed E-state index contributed by atoms with van der Waals surface area (Å²) in [6, 6.07) is 100. The number of anilines is 5. The van der Waals surface area contributed by atoms with Crippen LogP contribution >= 0.6 is 0 Å². The monoisotopic (exact) mass is 1570 g/mol. The molecular weight excluding hydrogens is 1470 g/mol. The van der Waals surface area contributed by atoms with E-state index in [1.54, 1.807) is 33.5 Å². The van der Waals surface area contributed by atoms with Crippen LogP contribution in [0.15, 0.2) is 323 Å². The molecule has 13 aromatic carbocycles. The van der Waals surface area contributed by atoms with Crippen LogP contribution in [0.3, 0.4) is 0 Å². The molecule has 596 valence electrons. The number of hydrogen-bond acceptors (Lipinski definition) is 12. The highest BCUT2D eigenvalue weighted by atomic mass is 16.5. The number of fused-ring (bicyclic) bond motifs is 5. The standard InChI is InChI=1S/C21H19N3O2.C21H19N3O.C20H17N3O.2C20H22N2/c1-25-18-9-6-15(7-10-18)23-16-8-11-21-20(12-16)22-14-24(21)17-4-3-5-19(13-17)26-2;1-15-2-7-18(8-3-15)24-14-23-20-12-17(6-11-21(20)24)22-13-16-4-9-19(25)10-5-16;1-24-18-9-5-8-17(13-18)23-14-21-19-12-16(10-11-20(19)23)22-15-6-3-2-4-7-15;2*1-15-7-9-16(10-8-15)17-11-12-20-19(13-17)21-14-22(20)18-5-3-2-4-6-18/h3-14,23H,1-2H3;2-12,14,22,25H,13H2,1H3;2-14,22H,1H3;2*7-14,18H,2-6H2,1H3. The predicted octanol–water partition coefficient (Wildman–Crippen LogP) is 25.2. The molecule has 0 spiro atoms. The average molecular weight is 1570 g/mol. The van der Waals surface area contributed by atoms with Crippen LogP contribution in [-0.4, -0.2) is 74.2 Å². The lowest BCUT2D eigenvalue weighted by Crippen LogP contribution is -2.11. The van der Waals surface area contributed by atoms with E-state index in [0.29, 0.717) is 18.6 Å². The third-order valence-electron chi connectivity index (χ3n) is 22.3. The molecule has 0 amide bonds. The number of para-hydroxylation sites is 1. The molecule has 5 heterocycles. The highest BCUT2D eigenvalue weighted by Crippen LogP contribution is 2.36. The third-order valence-corrected chi connectivity index (χ3v) is 22.3. The van der Waals surface area contributed by atoms with Gasteiger partial charge in [-0.15, -0.1) is 0 Å². The van der Waals surface area contributed by atoms with E-state index in [0.717, 1.165) is 112 Å². The number of ether oxygens (including phenoxy) is 3. The van der Waals surface area contributed by atoms with Gasteiger partial charge in [0.1, 0.15) is 42.0 Å². The van der Waals surface area contributed by atoms with Crippen molar-refractivity contribution in [2.75, 3.05) is 37.3 Å². The molecule has 119 heavy (non-hydrogen) atoms. The SMILES string of the molecule is COc1ccc(Nc2ccc3c(c2)ncn3-c2cccc(OC)c2)cc1.COc1cccc(-n2cnc3cc(Nc4ccccc4)ccc32)c1.Cc1ccc(-c2ccc3c(c2)ncn3C2CCCCC2)cc1.Cc1ccc(-c2ccc3c(c2)ncn3C2CCCCC2)cc1.Cc1ccc(-n2cnc3cc(NCc4ccc(O)cc4)ccc32)cc1. The van der Waals surface area contributed by atoms with Crippen LogP contribution in [0.2, 0.25) is 0 Å². The Balaban J connectivity index is 0.000000111. The van der Waals surface area contributed by atoms with E-state index in [4.69, 9.17) is 14.2 Å². The Labute approximate surface area is 694 Å². The number of imidazole rings is 5. The van der Waals surface area contributed by atoms with Crippen molar-refractivity contribution in [1.29, 1.82) is 0 Å². The van der Waals surface area contributed by atoms with Crippen molar-refractivity contribution in [3.8, 4) is 62.3 Å². The lowest BCUT2D eigenvalue weighted by atomic mass is 9.95.